The molecule has 0 aliphatic heterocycles. The van der Waals surface area contributed by atoms with Crippen LogP contribution in [0.2, 0.25) is 0 Å². The molecule has 2 saturated carbocycles. The molecular formula is C35H37FN2O6S2. The predicted octanol–water partition coefficient (Wildman–Crippen LogP) is 8.24. The lowest BCUT2D eigenvalue weighted by molar-refractivity contribution is 0.0691. The van der Waals surface area contributed by atoms with Crippen LogP contribution in [0, 0.1) is 23.6 Å². The molecule has 1 aromatic heterocycles. The zero-order chi connectivity index (χ0) is 32.8. The van der Waals surface area contributed by atoms with E-state index in [4.69, 9.17) is 9.47 Å². The molecule has 46 heavy (non-hydrogen) atoms. The number of sulfonamides is 1. The van der Waals surface area contributed by atoms with Gasteiger partial charge in [-0.2, -0.15) is 8.42 Å². The van der Waals surface area contributed by atoms with Crippen molar-refractivity contribution in [2.75, 3.05) is 18.9 Å². The molecule has 2 N–H and O–H groups in total. The Kier molecular flexibility index (Phi) is 8.58. The Labute approximate surface area is 272 Å². The van der Waals surface area contributed by atoms with Crippen molar-refractivity contribution in [1.82, 2.24) is 4.98 Å². The minimum atomic E-state index is -4.27. The Hall–Kier alpha value is -3.96. The number of methoxy groups -OCH3 is 2. The zero-order valence-corrected chi connectivity index (χ0v) is 27.8. The van der Waals surface area contributed by atoms with E-state index in [0.717, 1.165) is 52.4 Å². The number of ether oxygens (including phenoxy) is 2. The predicted molar refractivity (Wildman–Crippen MR) is 177 cm³/mol. The third-order valence-electron chi connectivity index (χ3n) is 9.49. The van der Waals surface area contributed by atoms with Gasteiger partial charge >= 0.3 is 5.97 Å². The number of carbonyl (C=O) groups is 1. The van der Waals surface area contributed by atoms with Crippen LogP contribution < -0.4 is 14.2 Å². The Morgan fingerprint density at radius 1 is 0.978 bits per heavy atom. The topological polar surface area (TPSA) is 115 Å². The summed E-state index contributed by atoms with van der Waals surface area (Å²) >= 11 is 1.12. The van der Waals surface area contributed by atoms with E-state index in [1.54, 1.807) is 7.11 Å². The van der Waals surface area contributed by atoms with Gasteiger partial charge in [0.2, 0.25) is 0 Å². The molecule has 3 aromatic carbocycles. The van der Waals surface area contributed by atoms with Crippen LogP contribution in [0.1, 0.15) is 61.9 Å². The fourth-order valence-electron chi connectivity index (χ4n) is 7.61. The number of nitrogens with zero attached hydrogens (tertiary/aromatic N) is 1. The van der Waals surface area contributed by atoms with E-state index in [1.807, 2.05) is 18.2 Å². The molecule has 2 bridgehead atoms. The molecule has 0 saturated heterocycles. The van der Waals surface area contributed by atoms with Crippen LogP contribution in [0.25, 0.3) is 21.7 Å². The first-order valence-corrected chi connectivity index (χ1v) is 17.6. The average molecular weight is 665 g/mol. The highest BCUT2D eigenvalue weighted by molar-refractivity contribution is 7.92. The minimum absolute atomic E-state index is 0.145. The number of thiazole rings is 1. The fourth-order valence-corrected chi connectivity index (χ4v) is 9.79. The van der Waals surface area contributed by atoms with Crippen LogP contribution in [0.3, 0.4) is 0 Å². The third kappa shape index (κ3) is 6.22. The van der Waals surface area contributed by atoms with E-state index < -0.39 is 27.4 Å². The lowest BCUT2D eigenvalue weighted by atomic mass is 9.57. The maximum Gasteiger partial charge on any atom is 0.338 e. The van der Waals surface area contributed by atoms with Gasteiger partial charge in [0.25, 0.3) is 10.0 Å². The second-order valence-electron chi connectivity index (χ2n) is 12.9. The van der Waals surface area contributed by atoms with Crippen molar-refractivity contribution in [3.63, 3.8) is 0 Å². The van der Waals surface area contributed by atoms with Gasteiger partial charge in [-0.1, -0.05) is 44.2 Å². The summed E-state index contributed by atoms with van der Waals surface area (Å²) in [5, 5.41) is 10.7. The van der Waals surface area contributed by atoms with E-state index in [9.17, 15) is 22.7 Å². The van der Waals surface area contributed by atoms with Crippen molar-refractivity contribution < 1.29 is 32.2 Å². The summed E-state index contributed by atoms with van der Waals surface area (Å²) in [7, 11) is -1.48. The Morgan fingerprint density at radius 2 is 1.63 bits per heavy atom. The highest BCUT2D eigenvalue weighted by Crippen LogP contribution is 2.51. The summed E-state index contributed by atoms with van der Waals surface area (Å²) in [5.74, 6) is 0.261. The van der Waals surface area contributed by atoms with E-state index in [2.05, 4.69) is 47.8 Å². The van der Waals surface area contributed by atoms with E-state index in [0.29, 0.717) is 16.3 Å². The van der Waals surface area contributed by atoms with Crippen LogP contribution in [0.15, 0.2) is 65.0 Å². The summed E-state index contributed by atoms with van der Waals surface area (Å²) in [6, 6.07) is 16.3. The number of benzene rings is 3. The second-order valence-corrected chi connectivity index (χ2v) is 15.4. The lowest BCUT2D eigenvalue weighted by Crippen LogP contribution is -2.38. The number of carboxylic acid groups (broad SMARTS) is 1. The normalized spacial score (nSPS) is 22.7. The lowest BCUT2D eigenvalue weighted by Gasteiger charge is -2.47. The second kappa shape index (κ2) is 12.3. The Balaban J connectivity index is 1.22. The van der Waals surface area contributed by atoms with Gasteiger partial charge in [-0.05, 0) is 90.2 Å². The fraction of sp³-hybridized carbons (Fsp3) is 0.371. The molecule has 11 heteroatoms. The molecular weight excluding hydrogens is 628 g/mol. The molecule has 2 aliphatic carbocycles. The summed E-state index contributed by atoms with van der Waals surface area (Å²) in [4.78, 5) is 15.6. The largest absolute Gasteiger partial charge is 0.496 e. The van der Waals surface area contributed by atoms with Crippen LogP contribution in [0.5, 0.6) is 11.5 Å². The first kappa shape index (κ1) is 32.0. The van der Waals surface area contributed by atoms with Gasteiger partial charge in [-0.25, -0.2) is 14.2 Å². The van der Waals surface area contributed by atoms with Crippen molar-refractivity contribution in [1.29, 1.82) is 0 Å². The number of aromatic carboxylic acids is 1. The Morgan fingerprint density at radius 3 is 2.26 bits per heavy atom. The van der Waals surface area contributed by atoms with Gasteiger partial charge < -0.3 is 14.6 Å². The van der Waals surface area contributed by atoms with Crippen LogP contribution in [-0.2, 0) is 15.4 Å². The molecule has 1 heterocycles. The number of nitrogens with one attached hydrogen (secondary N) is 1. The standard InChI is InChI=1S/C35H37FN2O6S2/c1-20-11-21-13-22(12-20)18-35(2,17-21)25-8-5-23(6-9-25)24-7-10-26(30(14-24)43-3)33-37-32(19-45-33)46(41,42)38-29-16-28(36)27(34(39)40)15-31(29)44-4/h5-10,14-16,19-22,38H,11-13,17-18H2,1-4H3,(H,39,40). The molecule has 8 nitrogen and oxygen atoms in total. The molecule has 2 unspecified atom stereocenters. The monoisotopic (exact) mass is 664 g/mol. The molecule has 0 spiro atoms. The van der Waals surface area contributed by atoms with Crippen LogP contribution in [-0.4, -0.2) is 38.7 Å². The zero-order valence-electron chi connectivity index (χ0n) is 26.2. The van der Waals surface area contributed by atoms with Gasteiger partial charge in [-0.15, -0.1) is 11.3 Å². The molecule has 4 aromatic rings. The van der Waals surface area contributed by atoms with Crippen LogP contribution >= 0.6 is 11.3 Å². The minimum Gasteiger partial charge on any atom is -0.496 e. The van der Waals surface area contributed by atoms with Crippen molar-refractivity contribution in [3.05, 3.63) is 76.9 Å². The number of hydrogen-bond acceptors (Lipinski definition) is 7. The highest BCUT2D eigenvalue weighted by atomic mass is 32.2. The summed E-state index contributed by atoms with van der Waals surface area (Å²) in [6.07, 6.45) is 6.56. The summed E-state index contributed by atoms with van der Waals surface area (Å²) in [5.41, 5.74) is 3.36. The van der Waals surface area contributed by atoms with Gasteiger partial charge in [0.1, 0.15) is 22.3 Å². The Bertz CT molecular complexity index is 1870. The van der Waals surface area contributed by atoms with Gasteiger partial charge in [0.15, 0.2) is 5.03 Å². The van der Waals surface area contributed by atoms with Crippen molar-refractivity contribution >= 4 is 33.0 Å². The SMILES string of the molecule is COc1cc(C(=O)O)c(F)cc1NS(=O)(=O)c1csc(-c2ccc(-c3ccc(C4(C)CC5CC(C)CC(C5)C4)cc3)cc2OC)n1. The average Bonchev–Trinajstić information content (AvgIpc) is 3.51. The van der Waals surface area contributed by atoms with E-state index in [-0.39, 0.29) is 21.9 Å². The van der Waals surface area contributed by atoms with E-state index in [1.165, 1.54) is 50.2 Å². The summed E-state index contributed by atoms with van der Waals surface area (Å²) < 4.78 is 53.8. The maximum atomic E-state index is 14.3. The number of anilines is 1. The third-order valence-corrected chi connectivity index (χ3v) is 11.8. The number of hydrogen-bond donors (Lipinski definition) is 2. The molecule has 6 rings (SSSR count). The van der Waals surface area contributed by atoms with Crippen LogP contribution in [0.4, 0.5) is 10.1 Å². The smallest absolute Gasteiger partial charge is 0.338 e. The summed E-state index contributed by atoms with van der Waals surface area (Å²) in [6.45, 7) is 4.83. The molecule has 2 fully saturated rings. The molecule has 2 aliphatic rings. The van der Waals surface area contributed by atoms with Crippen molar-refractivity contribution in [3.8, 4) is 33.2 Å². The van der Waals surface area contributed by atoms with Gasteiger partial charge in [-0.3, -0.25) is 4.72 Å². The maximum absolute atomic E-state index is 14.3. The molecule has 2 atom stereocenters. The highest BCUT2D eigenvalue weighted by Gasteiger charge is 2.41. The van der Waals surface area contributed by atoms with Crippen molar-refractivity contribution in [2.45, 2.75) is 56.4 Å². The first-order valence-electron chi connectivity index (χ1n) is 15.3. The number of rotatable bonds is 9. The van der Waals surface area contributed by atoms with E-state index >= 15 is 0 Å². The molecule has 0 amide bonds. The number of aromatic nitrogens is 1. The van der Waals surface area contributed by atoms with Gasteiger partial charge in [0, 0.05) is 11.4 Å². The van der Waals surface area contributed by atoms with Gasteiger partial charge in [0.05, 0.1) is 31.0 Å². The first-order chi connectivity index (χ1) is 21.9. The molecule has 242 valence electrons. The number of carboxylic acids is 1. The number of halogens is 1. The quantitative estimate of drug-likeness (QED) is 0.185. The molecule has 0 radical (unpaired) electrons. The van der Waals surface area contributed by atoms with Crippen molar-refractivity contribution in [2.24, 2.45) is 17.8 Å². The number of fused-ring (bicyclic) bond motifs is 2.